The molecule has 1 saturated heterocycles. The van der Waals surface area contributed by atoms with Crippen molar-refractivity contribution in [1.29, 1.82) is 0 Å². The molecule has 1 aliphatic carbocycles. The third-order valence-corrected chi connectivity index (χ3v) is 8.58. The van der Waals surface area contributed by atoms with Crippen LogP contribution >= 0.6 is 0 Å². The number of hydrogen-bond acceptors (Lipinski definition) is 4. The number of esters is 1. The number of benzene rings is 1. The van der Waals surface area contributed by atoms with E-state index in [1.54, 1.807) is 0 Å². The second-order valence-corrected chi connectivity index (χ2v) is 13.9. The van der Waals surface area contributed by atoms with E-state index in [2.05, 4.69) is 82.6 Å². The summed E-state index contributed by atoms with van der Waals surface area (Å²) in [5, 5.41) is 3.14. The number of nitrogens with zero attached hydrogens (tertiary/aromatic N) is 1. The number of carbonyl (C=O) groups is 2. The van der Waals surface area contributed by atoms with Crippen molar-refractivity contribution in [3.8, 4) is 11.3 Å². The monoisotopic (exact) mass is 536 g/mol. The third-order valence-electron chi connectivity index (χ3n) is 8.58. The summed E-state index contributed by atoms with van der Waals surface area (Å²) >= 11 is 0. The highest BCUT2D eigenvalue weighted by molar-refractivity contribution is 5.98. The van der Waals surface area contributed by atoms with Gasteiger partial charge in [0.15, 0.2) is 0 Å². The van der Waals surface area contributed by atoms with Crippen molar-refractivity contribution in [2.75, 3.05) is 20.3 Å². The molecular formula is C33H48N2O4. The van der Waals surface area contributed by atoms with Crippen LogP contribution in [0.25, 0.3) is 11.3 Å². The molecule has 6 nitrogen and oxygen atoms in total. The minimum Gasteiger partial charge on any atom is -0.469 e. The Morgan fingerprint density at radius 1 is 0.974 bits per heavy atom. The second kappa shape index (κ2) is 11.1. The van der Waals surface area contributed by atoms with Gasteiger partial charge in [-0.25, -0.2) is 0 Å². The maximum Gasteiger partial charge on any atom is 0.308 e. The average Bonchev–Trinajstić information content (AvgIpc) is 3.17. The van der Waals surface area contributed by atoms with Crippen LogP contribution in [0.15, 0.2) is 24.3 Å². The molecule has 1 aromatic heterocycles. The molecule has 1 aliphatic heterocycles. The van der Waals surface area contributed by atoms with Gasteiger partial charge in [0.2, 0.25) is 0 Å². The van der Waals surface area contributed by atoms with Crippen molar-refractivity contribution >= 4 is 11.9 Å². The zero-order valence-corrected chi connectivity index (χ0v) is 25.3. The largest absolute Gasteiger partial charge is 0.469 e. The molecule has 0 atom stereocenters. The average molecular weight is 537 g/mol. The predicted molar refractivity (Wildman–Crippen MR) is 156 cm³/mol. The highest BCUT2D eigenvalue weighted by Crippen LogP contribution is 2.37. The Kier molecular flexibility index (Phi) is 8.37. The molecule has 1 N–H and O–H groups in total. The normalized spacial score (nSPS) is 17.9. The van der Waals surface area contributed by atoms with Crippen LogP contribution in [0.5, 0.6) is 0 Å². The number of hydrogen-bond donors (Lipinski definition) is 1. The van der Waals surface area contributed by atoms with E-state index in [0.29, 0.717) is 24.7 Å². The lowest BCUT2D eigenvalue weighted by atomic mass is 9.79. The van der Waals surface area contributed by atoms with Gasteiger partial charge in [-0.2, -0.15) is 0 Å². The van der Waals surface area contributed by atoms with Crippen molar-refractivity contribution in [2.45, 2.75) is 110 Å². The fourth-order valence-electron chi connectivity index (χ4n) is 5.84. The Bertz CT molecular complexity index is 1170. The van der Waals surface area contributed by atoms with Gasteiger partial charge in [0.05, 0.1) is 37.8 Å². The first-order valence-electron chi connectivity index (χ1n) is 14.6. The van der Waals surface area contributed by atoms with E-state index in [1.165, 1.54) is 50.3 Å². The van der Waals surface area contributed by atoms with Gasteiger partial charge < -0.3 is 19.4 Å². The van der Waals surface area contributed by atoms with Gasteiger partial charge in [-0.15, -0.1) is 0 Å². The first-order valence-corrected chi connectivity index (χ1v) is 14.6. The van der Waals surface area contributed by atoms with E-state index in [-0.39, 0.29) is 29.1 Å². The highest BCUT2D eigenvalue weighted by Gasteiger charge is 2.43. The Labute approximate surface area is 234 Å². The molecule has 0 radical (unpaired) electrons. The summed E-state index contributed by atoms with van der Waals surface area (Å²) in [4.78, 5) is 25.8. The molecule has 1 saturated carbocycles. The summed E-state index contributed by atoms with van der Waals surface area (Å²) in [7, 11) is 1.37. The minimum absolute atomic E-state index is 0.00343. The predicted octanol–water partition coefficient (Wildman–Crippen LogP) is 6.70. The number of amides is 1. The summed E-state index contributed by atoms with van der Waals surface area (Å²) in [5.41, 5.74) is 5.75. The maximum absolute atomic E-state index is 13.8. The summed E-state index contributed by atoms with van der Waals surface area (Å²) in [6.45, 7) is 17.1. The molecule has 1 amide bonds. The number of carbonyl (C=O) groups excluding carboxylic acids is 2. The van der Waals surface area contributed by atoms with Crippen LogP contribution in [-0.4, -0.2) is 42.3 Å². The van der Waals surface area contributed by atoms with Gasteiger partial charge >= 0.3 is 5.97 Å². The summed E-state index contributed by atoms with van der Waals surface area (Å²) in [6, 6.07) is 9.02. The third kappa shape index (κ3) is 6.59. The molecule has 0 bridgehead atoms. The SMILES string of the molecule is COC(=O)CC1(NC(=O)c2cc(-c3cc(C(C)(C)C)cc(C(C)(C)C)c3)n(CC3CCCCC3)c2C)COC1. The topological polar surface area (TPSA) is 69.6 Å². The zero-order chi connectivity index (χ0) is 28.6. The van der Waals surface area contributed by atoms with Crippen LogP contribution in [0.1, 0.15) is 107 Å². The van der Waals surface area contributed by atoms with Crippen LogP contribution in [0, 0.1) is 12.8 Å². The van der Waals surface area contributed by atoms with Gasteiger partial charge in [-0.05, 0) is 71.4 Å². The molecular weight excluding hydrogens is 488 g/mol. The van der Waals surface area contributed by atoms with Crippen LogP contribution in [0.3, 0.4) is 0 Å². The van der Waals surface area contributed by atoms with E-state index < -0.39 is 5.54 Å². The molecule has 0 unspecified atom stereocenters. The maximum atomic E-state index is 13.8. The summed E-state index contributed by atoms with van der Waals surface area (Å²) in [6.07, 6.45) is 6.43. The molecule has 2 aliphatic rings. The van der Waals surface area contributed by atoms with Gasteiger partial charge in [0, 0.05) is 17.9 Å². The molecule has 214 valence electrons. The Balaban J connectivity index is 1.79. The van der Waals surface area contributed by atoms with Crippen molar-refractivity contribution in [1.82, 2.24) is 9.88 Å². The number of aromatic nitrogens is 1. The van der Waals surface area contributed by atoms with E-state index >= 15 is 0 Å². The lowest BCUT2D eigenvalue weighted by Gasteiger charge is -2.41. The van der Waals surface area contributed by atoms with E-state index in [1.807, 2.05) is 0 Å². The lowest BCUT2D eigenvalue weighted by Crippen LogP contribution is -2.63. The number of ether oxygens (including phenoxy) is 2. The fourth-order valence-corrected chi connectivity index (χ4v) is 5.84. The van der Waals surface area contributed by atoms with Crippen molar-refractivity contribution in [3.05, 3.63) is 46.6 Å². The van der Waals surface area contributed by atoms with Crippen LogP contribution < -0.4 is 5.32 Å². The zero-order valence-electron chi connectivity index (χ0n) is 25.3. The Morgan fingerprint density at radius 2 is 1.56 bits per heavy atom. The van der Waals surface area contributed by atoms with Gasteiger partial charge in [-0.1, -0.05) is 66.9 Å². The van der Waals surface area contributed by atoms with Gasteiger partial charge in [0.1, 0.15) is 0 Å². The minimum atomic E-state index is -0.714. The molecule has 1 aromatic carbocycles. The molecule has 4 rings (SSSR count). The van der Waals surface area contributed by atoms with Crippen molar-refractivity contribution in [3.63, 3.8) is 0 Å². The first-order chi connectivity index (χ1) is 18.2. The number of rotatable bonds is 7. The second-order valence-electron chi connectivity index (χ2n) is 13.9. The molecule has 2 fully saturated rings. The number of nitrogens with one attached hydrogen (secondary N) is 1. The standard InChI is InChI=1S/C33H48N2O4/c1-22-27(30(37)34-33(20-39-21-33)18-29(36)38-8)17-28(35(22)19-23-12-10-9-11-13-23)24-14-25(31(2,3)4)16-26(15-24)32(5,6)7/h14-17,23H,9-13,18-21H2,1-8H3,(H,34,37). The van der Waals surface area contributed by atoms with Crippen LogP contribution in [-0.2, 0) is 31.6 Å². The van der Waals surface area contributed by atoms with E-state index in [4.69, 9.17) is 9.47 Å². The first kappa shape index (κ1) is 29.4. The summed E-state index contributed by atoms with van der Waals surface area (Å²) in [5.74, 6) is 0.101. The van der Waals surface area contributed by atoms with Crippen LogP contribution in [0.4, 0.5) is 0 Å². The molecule has 2 heterocycles. The Hall–Kier alpha value is -2.60. The van der Waals surface area contributed by atoms with E-state index in [0.717, 1.165) is 23.5 Å². The molecule has 2 aromatic rings. The van der Waals surface area contributed by atoms with Crippen LogP contribution in [0.2, 0.25) is 0 Å². The quantitative estimate of drug-likeness (QED) is 0.400. The van der Waals surface area contributed by atoms with Crippen molar-refractivity contribution in [2.24, 2.45) is 5.92 Å². The smallest absolute Gasteiger partial charge is 0.308 e. The lowest BCUT2D eigenvalue weighted by molar-refractivity contribution is -0.149. The number of methoxy groups -OCH3 is 1. The Morgan fingerprint density at radius 3 is 2.05 bits per heavy atom. The molecule has 6 heteroatoms. The van der Waals surface area contributed by atoms with E-state index in [9.17, 15) is 9.59 Å². The van der Waals surface area contributed by atoms with Gasteiger partial charge in [-0.3, -0.25) is 9.59 Å². The molecule has 39 heavy (non-hydrogen) atoms. The van der Waals surface area contributed by atoms with Crippen molar-refractivity contribution < 1.29 is 19.1 Å². The van der Waals surface area contributed by atoms with Gasteiger partial charge in [0.25, 0.3) is 5.91 Å². The fraction of sp³-hybridized carbons (Fsp3) is 0.636. The molecule has 0 spiro atoms. The highest BCUT2D eigenvalue weighted by atomic mass is 16.5. The summed E-state index contributed by atoms with van der Waals surface area (Å²) < 4.78 is 12.7.